The molecule has 0 amide bonds. The molecule has 2 heterocycles. The average molecular weight is 449 g/mol. The summed E-state index contributed by atoms with van der Waals surface area (Å²) >= 11 is 6.78. The van der Waals surface area contributed by atoms with Crippen molar-refractivity contribution in [3.05, 3.63) is 30.1 Å². The zero-order chi connectivity index (χ0) is 21.7. The summed E-state index contributed by atoms with van der Waals surface area (Å²) in [6.45, 7) is 0. The minimum absolute atomic E-state index is 0.0977. The van der Waals surface area contributed by atoms with Gasteiger partial charge in [0.1, 0.15) is 21.6 Å². The van der Waals surface area contributed by atoms with Gasteiger partial charge in [0.2, 0.25) is 5.95 Å². The number of thiocarbonyl (C=S) groups is 1. The number of esters is 1. The van der Waals surface area contributed by atoms with Crippen molar-refractivity contribution in [2.75, 3.05) is 32.8 Å². The average Bonchev–Trinajstić information content (AvgIpc) is 3.23. The molecule has 0 bridgehead atoms. The van der Waals surface area contributed by atoms with Gasteiger partial charge in [-0.25, -0.2) is 14.8 Å². The fourth-order valence-electron chi connectivity index (χ4n) is 2.62. The highest BCUT2D eigenvalue weighted by Gasteiger charge is 2.23. The van der Waals surface area contributed by atoms with Crippen molar-refractivity contribution in [1.82, 2.24) is 25.3 Å². The lowest BCUT2D eigenvalue weighted by atomic mass is 10.2. The summed E-state index contributed by atoms with van der Waals surface area (Å²) in [5.41, 5.74) is 7.51. The number of rotatable bonds is 8. The summed E-state index contributed by atoms with van der Waals surface area (Å²) in [6, 6.07) is 4.52. The summed E-state index contributed by atoms with van der Waals surface area (Å²) in [5.74, 6) is 1.02. The van der Waals surface area contributed by atoms with Gasteiger partial charge in [-0.05, 0) is 18.2 Å². The Morgan fingerprint density at radius 2 is 2.03 bits per heavy atom. The van der Waals surface area contributed by atoms with E-state index in [-0.39, 0.29) is 11.7 Å². The van der Waals surface area contributed by atoms with E-state index < -0.39 is 12.0 Å². The molecule has 4 N–H and O–H groups in total. The Hall–Kier alpha value is -3.12. The van der Waals surface area contributed by atoms with Crippen LogP contribution in [0.15, 0.2) is 29.6 Å². The van der Waals surface area contributed by atoms with Gasteiger partial charge in [-0.15, -0.1) is 11.8 Å². The zero-order valence-electron chi connectivity index (χ0n) is 16.5. The van der Waals surface area contributed by atoms with Crippen LogP contribution in [0, 0.1) is 0 Å². The number of hydrogen-bond acceptors (Lipinski definition) is 10. The number of nitrogen functional groups attached to an aromatic ring is 1. The summed E-state index contributed by atoms with van der Waals surface area (Å²) in [4.78, 5) is 28.0. The molecule has 12 heteroatoms. The maximum Gasteiger partial charge on any atom is 0.329 e. The van der Waals surface area contributed by atoms with Crippen molar-refractivity contribution < 1.29 is 19.0 Å². The number of aromatic nitrogens is 4. The van der Waals surface area contributed by atoms with Crippen molar-refractivity contribution in [1.29, 1.82) is 0 Å². The van der Waals surface area contributed by atoms with Gasteiger partial charge < -0.3 is 30.2 Å². The molecule has 1 aromatic carbocycles. The first-order valence-corrected chi connectivity index (χ1v) is 10.1. The lowest BCUT2D eigenvalue weighted by Crippen LogP contribution is -2.43. The SMILES string of the molecule is COC(=O)[C@H](CSc1nc(N)nc2nc[nH]c12)NC(=S)c1ccc(OC)c(OC)c1. The van der Waals surface area contributed by atoms with E-state index in [1.54, 1.807) is 25.3 Å². The van der Waals surface area contributed by atoms with Crippen molar-refractivity contribution in [3.8, 4) is 11.5 Å². The van der Waals surface area contributed by atoms with Crippen LogP contribution in [-0.2, 0) is 9.53 Å². The molecule has 0 aliphatic heterocycles. The van der Waals surface area contributed by atoms with Gasteiger partial charge in [0, 0.05) is 11.3 Å². The number of nitrogens with two attached hydrogens (primary N) is 1. The maximum absolute atomic E-state index is 12.3. The summed E-state index contributed by atoms with van der Waals surface area (Å²) in [5, 5.41) is 3.61. The first-order valence-electron chi connectivity index (χ1n) is 8.67. The van der Waals surface area contributed by atoms with Crippen molar-refractivity contribution in [2.45, 2.75) is 11.1 Å². The van der Waals surface area contributed by atoms with Crippen LogP contribution >= 0.6 is 24.0 Å². The van der Waals surface area contributed by atoms with Crippen molar-refractivity contribution in [3.63, 3.8) is 0 Å². The first kappa shape index (κ1) is 21.6. The molecular weight excluding hydrogens is 428 g/mol. The molecule has 0 saturated heterocycles. The Kier molecular flexibility index (Phi) is 6.90. The van der Waals surface area contributed by atoms with Gasteiger partial charge in [0.25, 0.3) is 0 Å². The summed E-state index contributed by atoms with van der Waals surface area (Å²) in [7, 11) is 4.40. The first-order chi connectivity index (χ1) is 14.5. The van der Waals surface area contributed by atoms with Gasteiger partial charge >= 0.3 is 5.97 Å². The van der Waals surface area contributed by atoms with Gasteiger partial charge in [-0.3, -0.25) is 0 Å². The number of thioether (sulfide) groups is 1. The predicted octanol–water partition coefficient (Wildman–Crippen LogP) is 1.55. The molecule has 2 aromatic heterocycles. The Morgan fingerprint density at radius 1 is 1.27 bits per heavy atom. The highest BCUT2D eigenvalue weighted by atomic mass is 32.2. The number of methoxy groups -OCH3 is 3. The number of benzene rings is 1. The van der Waals surface area contributed by atoms with Gasteiger partial charge in [0.15, 0.2) is 17.1 Å². The normalized spacial score (nSPS) is 11.7. The molecule has 3 aromatic rings. The fraction of sp³-hybridized carbons (Fsp3) is 0.278. The maximum atomic E-state index is 12.3. The Labute approximate surface area is 181 Å². The van der Waals surface area contributed by atoms with E-state index in [4.69, 9.17) is 32.2 Å². The Morgan fingerprint density at radius 3 is 2.73 bits per heavy atom. The van der Waals surface area contributed by atoms with Crippen LogP contribution in [0.2, 0.25) is 0 Å². The minimum atomic E-state index is -0.727. The van der Waals surface area contributed by atoms with Crippen LogP contribution in [0.1, 0.15) is 5.56 Å². The van der Waals surface area contributed by atoms with E-state index in [0.717, 1.165) is 0 Å². The van der Waals surface area contributed by atoms with E-state index in [2.05, 4.69) is 25.3 Å². The van der Waals surface area contributed by atoms with E-state index in [9.17, 15) is 4.79 Å². The summed E-state index contributed by atoms with van der Waals surface area (Å²) < 4.78 is 15.5. The van der Waals surface area contributed by atoms with E-state index >= 15 is 0 Å². The standard InChI is InChI=1S/C18H20N6O4S2/c1-26-11-5-4-9(6-12(11)27-2)15(29)22-10(17(25)28-3)7-30-16-13-14(21-8-20-13)23-18(19)24-16/h4-6,8,10H,7H2,1-3H3,(H,22,29)(H3,19,20,21,23,24)/t10-/m0/s1. The largest absolute Gasteiger partial charge is 0.493 e. The number of carbonyl (C=O) groups is 1. The fourth-order valence-corrected chi connectivity index (χ4v) is 3.89. The second-order valence-electron chi connectivity index (χ2n) is 5.92. The van der Waals surface area contributed by atoms with Crippen molar-refractivity contribution in [2.24, 2.45) is 0 Å². The van der Waals surface area contributed by atoms with Crippen LogP contribution in [0.4, 0.5) is 5.95 Å². The molecule has 0 saturated carbocycles. The molecule has 0 spiro atoms. The molecule has 3 rings (SSSR count). The smallest absolute Gasteiger partial charge is 0.329 e. The number of carbonyl (C=O) groups excluding carboxylic acids is 1. The minimum Gasteiger partial charge on any atom is -0.493 e. The van der Waals surface area contributed by atoms with Gasteiger partial charge in [0.05, 0.1) is 27.7 Å². The van der Waals surface area contributed by atoms with E-state index in [0.29, 0.717) is 38.2 Å². The predicted molar refractivity (Wildman–Crippen MR) is 117 cm³/mol. The van der Waals surface area contributed by atoms with Crippen LogP contribution < -0.4 is 20.5 Å². The third-order valence-electron chi connectivity index (χ3n) is 4.09. The molecular formula is C18H20N6O4S2. The quantitative estimate of drug-likeness (QED) is 0.200. The molecule has 0 radical (unpaired) electrons. The zero-order valence-corrected chi connectivity index (χ0v) is 18.1. The van der Waals surface area contributed by atoms with Crippen LogP contribution in [0.3, 0.4) is 0 Å². The number of fused-ring (bicyclic) bond motifs is 1. The van der Waals surface area contributed by atoms with Crippen LogP contribution in [0.5, 0.6) is 11.5 Å². The number of imidazole rings is 1. The van der Waals surface area contributed by atoms with E-state index in [1.807, 2.05) is 0 Å². The number of ether oxygens (including phenoxy) is 3. The summed E-state index contributed by atoms with van der Waals surface area (Å²) in [6.07, 6.45) is 1.51. The number of aromatic amines is 1. The monoisotopic (exact) mass is 448 g/mol. The van der Waals surface area contributed by atoms with E-state index in [1.165, 1.54) is 32.3 Å². The highest BCUT2D eigenvalue weighted by molar-refractivity contribution is 7.99. The number of nitrogens with zero attached hydrogens (tertiary/aromatic N) is 3. The topological polar surface area (TPSA) is 137 Å². The van der Waals surface area contributed by atoms with Crippen LogP contribution in [-0.4, -0.2) is 64.0 Å². The lowest BCUT2D eigenvalue weighted by Gasteiger charge is -2.18. The number of H-pyrrole nitrogens is 1. The second-order valence-corrected chi connectivity index (χ2v) is 7.34. The third-order valence-corrected chi connectivity index (χ3v) is 5.52. The second kappa shape index (κ2) is 9.59. The Balaban J connectivity index is 1.77. The molecule has 158 valence electrons. The third kappa shape index (κ3) is 4.71. The molecule has 0 fully saturated rings. The lowest BCUT2D eigenvalue weighted by molar-refractivity contribution is -0.142. The van der Waals surface area contributed by atoms with Crippen molar-refractivity contribution >= 4 is 52.0 Å². The van der Waals surface area contributed by atoms with Gasteiger partial charge in [-0.1, -0.05) is 12.2 Å². The molecule has 1 atom stereocenters. The number of hydrogen-bond donors (Lipinski definition) is 3. The molecule has 0 aliphatic rings. The molecule has 0 aliphatic carbocycles. The molecule has 10 nitrogen and oxygen atoms in total. The Bertz CT molecular complexity index is 1070. The number of anilines is 1. The van der Waals surface area contributed by atoms with Crippen LogP contribution in [0.25, 0.3) is 11.2 Å². The highest BCUT2D eigenvalue weighted by Crippen LogP contribution is 2.28. The van der Waals surface area contributed by atoms with Gasteiger partial charge in [-0.2, -0.15) is 4.98 Å². The molecule has 30 heavy (non-hydrogen) atoms. The number of nitrogens with one attached hydrogen (secondary N) is 2. The molecule has 0 unspecified atom stereocenters.